The first-order chi connectivity index (χ1) is 9.13. The molecule has 0 bridgehead atoms. The van der Waals surface area contributed by atoms with E-state index < -0.39 is 5.82 Å². The molecule has 0 fully saturated rings. The SMILES string of the molecule is CNc1c(F)cccc1C(=O)Nc1ccncc1C. The van der Waals surface area contributed by atoms with E-state index in [4.69, 9.17) is 0 Å². The van der Waals surface area contributed by atoms with Crippen LogP contribution in [-0.2, 0) is 0 Å². The van der Waals surface area contributed by atoms with Crippen LogP contribution in [-0.4, -0.2) is 17.9 Å². The molecular weight excluding hydrogens is 245 g/mol. The number of anilines is 2. The smallest absolute Gasteiger partial charge is 0.257 e. The van der Waals surface area contributed by atoms with Crippen molar-refractivity contribution in [3.8, 4) is 0 Å². The maximum absolute atomic E-state index is 13.6. The molecule has 2 N–H and O–H groups in total. The van der Waals surface area contributed by atoms with Crippen molar-refractivity contribution in [3.05, 3.63) is 53.6 Å². The molecule has 0 atom stereocenters. The number of para-hydroxylation sites is 1. The summed E-state index contributed by atoms with van der Waals surface area (Å²) >= 11 is 0. The number of hydrogen-bond acceptors (Lipinski definition) is 3. The summed E-state index contributed by atoms with van der Waals surface area (Å²) in [5.74, 6) is -0.820. The molecule has 0 radical (unpaired) electrons. The van der Waals surface area contributed by atoms with Crippen molar-refractivity contribution in [2.45, 2.75) is 6.92 Å². The van der Waals surface area contributed by atoms with E-state index in [0.29, 0.717) is 5.69 Å². The Morgan fingerprint density at radius 2 is 2.11 bits per heavy atom. The number of carbonyl (C=O) groups is 1. The summed E-state index contributed by atoms with van der Waals surface area (Å²) in [6, 6.07) is 6.08. The van der Waals surface area contributed by atoms with Crippen LogP contribution in [0.25, 0.3) is 0 Å². The molecule has 0 aliphatic heterocycles. The van der Waals surface area contributed by atoms with Crippen molar-refractivity contribution < 1.29 is 9.18 Å². The Morgan fingerprint density at radius 3 is 2.79 bits per heavy atom. The molecule has 0 saturated heterocycles. The number of benzene rings is 1. The largest absolute Gasteiger partial charge is 0.385 e. The second-order valence-electron chi connectivity index (χ2n) is 4.06. The zero-order chi connectivity index (χ0) is 13.8. The number of nitrogens with one attached hydrogen (secondary N) is 2. The summed E-state index contributed by atoms with van der Waals surface area (Å²) in [7, 11) is 1.58. The lowest BCUT2D eigenvalue weighted by atomic mass is 10.1. The first kappa shape index (κ1) is 13.0. The molecule has 1 heterocycles. The predicted molar refractivity (Wildman–Crippen MR) is 72.9 cm³/mol. The molecule has 0 spiro atoms. The molecule has 0 aliphatic rings. The molecule has 98 valence electrons. The highest BCUT2D eigenvalue weighted by Gasteiger charge is 2.14. The minimum Gasteiger partial charge on any atom is -0.385 e. The van der Waals surface area contributed by atoms with Crippen molar-refractivity contribution in [1.29, 1.82) is 0 Å². The summed E-state index contributed by atoms with van der Waals surface area (Å²) in [6.45, 7) is 1.84. The van der Waals surface area contributed by atoms with Gasteiger partial charge in [0.25, 0.3) is 5.91 Å². The Bertz CT molecular complexity index is 613. The van der Waals surface area contributed by atoms with Gasteiger partial charge in [0.2, 0.25) is 0 Å². The topological polar surface area (TPSA) is 54.0 Å². The molecule has 0 unspecified atom stereocenters. The minimum atomic E-state index is -0.457. The number of pyridine rings is 1. The van der Waals surface area contributed by atoms with Crippen molar-refractivity contribution in [3.63, 3.8) is 0 Å². The van der Waals surface area contributed by atoms with E-state index in [2.05, 4.69) is 15.6 Å². The van der Waals surface area contributed by atoms with Gasteiger partial charge in [-0.05, 0) is 30.7 Å². The third kappa shape index (κ3) is 2.70. The quantitative estimate of drug-likeness (QED) is 0.891. The van der Waals surface area contributed by atoms with Gasteiger partial charge < -0.3 is 10.6 Å². The van der Waals surface area contributed by atoms with E-state index in [0.717, 1.165) is 5.56 Å². The van der Waals surface area contributed by atoms with E-state index >= 15 is 0 Å². The lowest BCUT2D eigenvalue weighted by molar-refractivity contribution is 0.102. The Hall–Kier alpha value is -2.43. The van der Waals surface area contributed by atoms with Crippen LogP contribution in [0.5, 0.6) is 0 Å². The fourth-order valence-electron chi connectivity index (χ4n) is 1.77. The Morgan fingerprint density at radius 1 is 1.32 bits per heavy atom. The Balaban J connectivity index is 2.31. The molecule has 1 aromatic heterocycles. The molecule has 1 amide bonds. The average Bonchev–Trinajstić information content (AvgIpc) is 2.41. The Labute approximate surface area is 110 Å². The first-order valence-corrected chi connectivity index (χ1v) is 5.81. The van der Waals surface area contributed by atoms with Gasteiger partial charge in [0.1, 0.15) is 5.82 Å². The monoisotopic (exact) mass is 259 g/mol. The standard InChI is InChI=1S/C14H14FN3O/c1-9-8-17-7-6-12(9)18-14(19)10-4-3-5-11(15)13(10)16-2/h3-8,16H,1-2H3,(H,17,18,19). The lowest BCUT2D eigenvalue weighted by Crippen LogP contribution is -2.15. The van der Waals surface area contributed by atoms with Crippen LogP contribution in [0.4, 0.5) is 15.8 Å². The predicted octanol–water partition coefficient (Wildman–Crippen LogP) is 2.82. The molecule has 2 aromatic rings. The number of nitrogens with zero attached hydrogens (tertiary/aromatic N) is 1. The van der Waals surface area contributed by atoms with Gasteiger partial charge in [-0.3, -0.25) is 9.78 Å². The molecule has 5 heteroatoms. The number of rotatable bonds is 3. The van der Waals surface area contributed by atoms with Crippen LogP contribution in [0.1, 0.15) is 15.9 Å². The van der Waals surface area contributed by atoms with Crippen molar-refractivity contribution in [2.75, 3.05) is 17.7 Å². The normalized spacial score (nSPS) is 10.1. The number of hydrogen-bond donors (Lipinski definition) is 2. The van der Waals surface area contributed by atoms with Gasteiger partial charge in [0, 0.05) is 25.1 Å². The van der Waals surface area contributed by atoms with Gasteiger partial charge in [0.05, 0.1) is 11.3 Å². The van der Waals surface area contributed by atoms with Crippen LogP contribution in [0.3, 0.4) is 0 Å². The summed E-state index contributed by atoms with van der Waals surface area (Å²) in [5.41, 5.74) is 1.95. The fourth-order valence-corrected chi connectivity index (χ4v) is 1.77. The third-order valence-corrected chi connectivity index (χ3v) is 2.78. The summed E-state index contributed by atoms with van der Waals surface area (Å²) < 4.78 is 13.6. The van der Waals surface area contributed by atoms with Crippen molar-refractivity contribution in [1.82, 2.24) is 4.98 Å². The second-order valence-corrected chi connectivity index (χ2v) is 4.06. The number of aryl methyl sites for hydroxylation is 1. The summed E-state index contributed by atoms with van der Waals surface area (Å²) in [6.07, 6.45) is 3.24. The molecule has 0 saturated carbocycles. The minimum absolute atomic E-state index is 0.187. The van der Waals surface area contributed by atoms with Crippen molar-refractivity contribution >= 4 is 17.3 Å². The van der Waals surface area contributed by atoms with Gasteiger partial charge in [-0.1, -0.05) is 6.07 Å². The van der Waals surface area contributed by atoms with E-state index in [-0.39, 0.29) is 17.2 Å². The molecule has 2 rings (SSSR count). The Kier molecular flexibility index (Phi) is 3.75. The number of amides is 1. The van der Waals surface area contributed by atoms with Crippen LogP contribution in [0, 0.1) is 12.7 Å². The first-order valence-electron chi connectivity index (χ1n) is 5.81. The van der Waals surface area contributed by atoms with Gasteiger partial charge in [-0.2, -0.15) is 0 Å². The molecule has 4 nitrogen and oxygen atoms in total. The van der Waals surface area contributed by atoms with Crippen LogP contribution in [0.2, 0.25) is 0 Å². The van der Waals surface area contributed by atoms with Crippen LogP contribution < -0.4 is 10.6 Å². The zero-order valence-corrected chi connectivity index (χ0v) is 10.7. The maximum Gasteiger partial charge on any atom is 0.257 e. The molecule has 0 aliphatic carbocycles. The maximum atomic E-state index is 13.6. The summed E-state index contributed by atoms with van der Waals surface area (Å²) in [4.78, 5) is 16.1. The number of carbonyl (C=O) groups excluding carboxylic acids is 1. The van der Waals surface area contributed by atoms with E-state index in [1.807, 2.05) is 6.92 Å². The number of halogens is 1. The fraction of sp³-hybridized carbons (Fsp3) is 0.143. The molecular formula is C14H14FN3O. The van der Waals surface area contributed by atoms with E-state index in [1.54, 1.807) is 31.6 Å². The van der Waals surface area contributed by atoms with Crippen molar-refractivity contribution in [2.24, 2.45) is 0 Å². The van der Waals surface area contributed by atoms with Gasteiger partial charge in [-0.15, -0.1) is 0 Å². The highest BCUT2D eigenvalue weighted by atomic mass is 19.1. The summed E-state index contributed by atoms with van der Waals surface area (Å²) in [5, 5.41) is 5.44. The lowest BCUT2D eigenvalue weighted by Gasteiger charge is -2.11. The van der Waals surface area contributed by atoms with Crippen LogP contribution >= 0.6 is 0 Å². The van der Waals surface area contributed by atoms with E-state index in [9.17, 15) is 9.18 Å². The molecule has 1 aromatic carbocycles. The van der Waals surface area contributed by atoms with E-state index in [1.165, 1.54) is 12.1 Å². The van der Waals surface area contributed by atoms with Gasteiger partial charge in [-0.25, -0.2) is 4.39 Å². The molecule has 19 heavy (non-hydrogen) atoms. The van der Waals surface area contributed by atoms with Gasteiger partial charge in [0.15, 0.2) is 0 Å². The van der Waals surface area contributed by atoms with Gasteiger partial charge >= 0.3 is 0 Å². The average molecular weight is 259 g/mol. The second kappa shape index (κ2) is 5.48. The highest BCUT2D eigenvalue weighted by molar-refractivity contribution is 6.08. The zero-order valence-electron chi connectivity index (χ0n) is 10.7. The van der Waals surface area contributed by atoms with Crippen LogP contribution in [0.15, 0.2) is 36.7 Å². The highest BCUT2D eigenvalue weighted by Crippen LogP contribution is 2.21. The third-order valence-electron chi connectivity index (χ3n) is 2.78. The number of aromatic nitrogens is 1.